The van der Waals surface area contributed by atoms with Crippen LogP contribution in [0.3, 0.4) is 0 Å². The predicted molar refractivity (Wildman–Crippen MR) is 69.3 cm³/mol. The van der Waals surface area contributed by atoms with Gasteiger partial charge in [0.05, 0.1) is 5.75 Å². The molecule has 1 aromatic rings. The molecule has 0 spiro atoms. The fourth-order valence-electron chi connectivity index (χ4n) is 1.41. The highest BCUT2D eigenvalue weighted by Crippen LogP contribution is 2.14. The molecule has 1 amide bonds. The van der Waals surface area contributed by atoms with Crippen molar-refractivity contribution in [2.24, 2.45) is 0 Å². The summed E-state index contributed by atoms with van der Waals surface area (Å²) in [5.41, 5.74) is 1.60. The van der Waals surface area contributed by atoms with Crippen LogP contribution in [0, 0.1) is 0 Å². The highest BCUT2D eigenvalue weighted by atomic mass is 32.2. The second-order valence-corrected chi connectivity index (χ2v) is 5.89. The zero-order valence-corrected chi connectivity index (χ0v) is 11.2. The number of carbonyl (C=O) groups excluding carboxylic acids is 1. The summed E-state index contributed by atoms with van der Waals surface area (Å²) in [7, 11) is -4.03. The zero-order chi connectivity index (χ0) is 13.8. The molecule has 0 aliphatic carbocycles. The summed E-state index contributed by atoms with van der Waals surface area (Å²) < 4.78 is 29.5. The van der Waals surface area contributed by atoms with Crippen LogP contribution in [0.5, 0.6) is 0 Å². The van der Waals surface area contributed by atoms with Gasteiger partial charge in [-0.3, -0.25) is 9.35 Å². The normalized spacial score (nSPS) is 11.6. The van der Waals surface area contributed by atoms with Gasteiger partial charge >= 0.3 is 0 Å². The Morgan fingerprint density at radius 1 is 1.28 bits per heavy atom. The van der Waals surface area contributed by atoms with E-state index in [1.54, 1.807) is 12.1 Å². The van der Waals surface area contributed by atoms with Gasteiger partial charge in [0.15, 0.2) is 0 Å². The van der Waals surface area contributed by atoms with Crippen molar-refractivity contribution in [3.8, 4) is 0 Å². The van der Waals surface area contributed by atoms with Crippen molar-refractivity contribution in [1.29, 1.82) is 0 Å². The molecule has 1 aromatic carbocycles. The third-order valence-corrected chi connectivity index (χ3v) is 3.21. The van der Waals surface area contributed by atoms with Gasteiger partial charge in [0, 0.05) is 12.1 Å². The maximum atomic E-state index is 11.6. The Morgan fingerprint density at radius 2 is 1.83 bits per heavy atom. The van der Waals surface area contributed by atoms with Crippen molar-refractivity contribution in [2.45, 2.75) is 19.8 Å². The number of carbonyl (C=O) groups is 1. The van der Waals surface area contributed by atoms with Gasteiger partial charge in [-0.15, -0.1) is 0 Å². The number of benzene rings is 1. The Labute approximate surface area is 107 Å². The van der Waals surface area contributed by atoms with Gasteiger partial charge in [0.25, 0.3) is 16.0 Å². The van der Waals surface area contributed by atoms with Crippen LogP contribution < -0.4 is 5.32 Å². The molecule has 18 heavy (non-hydrogen) atoms. The van der Waals surface area contributed by atoms with Gasteiger partial charge in [-0.05, 0) is 23.6 Å². The first-order valence-electron chi connectivity index (χ1n) is 5.63. The number of hydrogen-bond acceptors (Lipinski definition) is 3. The summed E-state index contributed by atoms with van der Waals surface area (Å²) in [5.74, 6) is -0.446. The van der Waals surface area contributed by atoms with E-state index in [4.69, 9.17) is 4.55 Å². The van der Waals surface area contributed by atoms with E-state index in [1.807, 2.05) is 12.1 Å². The number of amides is 1. The smallest absolute Gasteiger partial charge is 0.266 e. The van der Waals surface area contributed by atoms with E-state index in [9.17, 15) is 13.2 Å². The van der Waals surface area contributed by atoms with Crippen molar-refractivity contribution in [3.63, 3.8) is 0 Å². The topological polar surface area (TPSA) is 83.5 Å². The van der Waals surface area contributed by atoms with Gasteiger partial charge in [0.1, 0.15) is 0 Å². The first-order chi connectivity index (χ1) is 8.29. The molecule has 0 bridgehead atoms. The highest BCUT2D eigenvalue weighted by Gasteiger charge is 2.08. The van der Waals surface area contributed by atoms with Crippen molar-refractivity contribution in [2.75, 3.05) is 12.3 Å². The molecular formula is C12H17NO4S. The zero-order valence-electron chi connectivity index (χ0n) is 10.4. The maximum Gasteiger partial charge on any atom is 0.266 e. The maximum absolute atomic E-state index is 11.6. The molecule has 0 aliphatic rings. The fraction of sp³-hybridized carbons (Fsp3) is 0.417. The molecular weight excluding hydrogens is 254 g/mol. The Kier molecular flexibility index (Phi) is 4.86. The first kappa shape index (κ1) is 14.7. The molecule has 6 heteroatoms. The van der Waals surface area contributed by atoms with Crippen LogP contribution in [-0.2, 0) is 10.1 Å². The van der Waals surface area contributed by atoms with Crippen LogP contribution in [0.1, 0.15) is 35.7 Å². The first-order valence-corrected chi connectivity index (χ1v) is 7.24. The summed E-state index contributed by atoms with van der Waals surface area (Å²) >= 11 is 0. The Hall–Kier alpha value is -1.40. The molecule has 0 saturated carbocycles. The minimum Gasteiger partial charge on any atom is -0.351 e. The minimum absolute atomic E-state index is 0.108. The molecule has 0 unspecified atom stereocenters. The van der Waals surface area contributed by atoms with Crippen molar-refractivity contribution < 1.29 is 17.8 Å². The second-order valence-electron chi connectivity index (χ2n) is 4.32. The number of nitrogens with one attached hydrogen (secondary N) is 1. The van der Waals surface area contributed by atoms with E-state index >= 15 is 0 Å². The van der Waals surface area contributed by atoms with E-state index in [1.165, 1.54) is 0 Å². The summed E-state index contributed by atoms with van der Waals surface area (Å²) in [6, 6.07) is 7.11. The summed E-state index contributed by atoms with van der Waals surface area (Å²) in [6.45, 7) is 4.01. The largest absolute Gasteiger partial charge is 0.351 e. The monoisotopic (exact) mass is 271 g/mol. The van der Waals surface area contributed by atoms with E-state index in [2.05, 4.69) is 19.2 Å². The van der Waals surface area contributed by atoms with Crippen LogP contribution in [0.15, 0.2) is 24.3 Å². The molecule has 2 N–H and O–H groups in total. The minimum atomic E-state index is -4.03. The molecule has 0 radical (unpaired) electrons. The predicted octanol–water partition coefficient (Wildman–Crippen LogP) is 1.43. The molecule has 0 fully saturated rings. The van der Waals surface area contributed by atoms with Crippen LogP contribution in [0.25, 0.3) is 0 Å². The number of rotatable bonds is 5. The van der Waals surface area contributed by atoms with E-state index in [0.717, 1.165) is 5.56 Å². The Bertz CT molecular complexity index is 505. The number of hydrogen-bond donors (Lipinski definition) is 2. The van der Waals surface area contributed by atoms with Gasteiger partial charge in [0.2, 0.25) is 0 Å². The van der Waals surface area contributed by atoms with Crippen LogP contribution in [0.4, 0.5) is 0 Å². The lowest BCUT2D eigenvalue weighted by atomic mass is 10.0. The third kappa shape index (κ3) is 4.85. The molecule has 5 nitrogen and oxygen atoms in total. The van der Waals surface area contributed by atoms with Crippen molar-refractivity contribution >= 4 is 16.0 Å². The average Bonchev–Trinajstić information content (AvgIpc) is 2.27. The average molecular weight is 271 g/mol. The molecule has 0 aliphatic heterocycles. The van der Waals surface area contributed by atoms with Crippen molar-refractivity contribution in [3.05, 3.63) is 35.4 Å². The summed E-state index contributed by atoms with van der Waals surface area (Å²) in [4.78, 5) is 11.6. The Morgan fingerprint density at radius 3 is 2.28 bits per heavy atom. The standard InChI is InChI=1S/C12H17NO4S/c1-9(2)10-3-5-11(6-4-10)12(14)13-7-8-18(15,16)17/h3-6,9H,7-8H2,1-2H3,(H,13,14)(H,15,16,17). The molecule has 0 saturated heterocycles. The lowest BCUT2D eigenvalue weighted by molar-refractivity contribution is 0.0956. The molecule has 100 valence electrons. The lowest BCUT2D eigenvalue weighted by Gasteiger charge is -2.07. The van der Waals surface area contributed by atoms with Gasteiger partial charge in [-0.2, -0.15) is 8.42 Å². The third-order valence-electron chi connectivity index (χ3n) is 2.49. The van der Waals surface area contributed by atoms with Crippen LogP contribution in [-0.4, -0.2) is 31.2 Å². The quantitative estimate of drug-likeness (QED) is 0.793. The molecule has 0 atom stereocenters. The molecule has 0 aromatic heterocycles. The van der Waals surface area contributed by atoms with E-state index < -0.39 is 15.9 Å². The lowest BCUT2D eigenvalue weighted by Crippen LogP contribution is -2.28. The SMILES string of the molecule is CC(C)c1ccc(C(=O)NCCS(=O)(=O)O)cc1. The Balaban J connectivity index is 2.57. The van der Waals surface area contributed by atoms with Crippen LogP contribution >= 0.6 is 0 Å². The van der Waals surface area contributed by atoms with Crippen LogP contribution in [0.2, 0.25) is 0 Å². The summed E-state index contributed by atoms with van der Waals surface area (Å²) in [5, 5.41) is 2.43. The molecule has 0 heterocycles. The fourth-order valence-corrected chi connectivity index (χ4v) is 1.78. The van der Waals surface area contributed by atoms with E-state index in [-0.39, 0.29) is 12.5 Å². The van der Waals surface area contributed by atoms with Gasteiger partial charge in [-0.1, -0.05) is 26.0 Å². The molecule has 1 rings (SSSR count). The summed E-state index contributed by atoms with van der Waals surface area (Å²) in [6.07, 6.45) is 0. The van der Waals surface area contributed by atoms with Gasteiger partial charge < -0.3 is 5.32 Å². The highest BCUT2D eigenvalue weighted by molar-refractivity contribution is 7.85. The van der Waals surface area contributed by atoms with E-state index in [0.29, 0.717) is 11.5 Å². The van der Waals surface area contributed by atoms with Crippen molar-refractivity contribution in [1.82, 2.24) is 5.32 Å². The van der Waals surface area contributed by atoms with Gasteiger partial charge in [-0.25, -0.2) is 0 Å². The second kappa shape index (κ2) is 5.97.